The highest BCUT2D eigenvalue weighted by molar-refractivity contribution is 6.23. The van der Waals surface area contributed by atoms with Gasteiger partial charge in [0.15, 0.2) is 11.4 Å². The van der Waals surface area contributed by atoms with Crippen LogP contribution in [0.15, 0.2) is 23.0 Å². The van der Waals surface area contributed by atoms with Gasteiger partial charge >= 0.3 is 6.18 Å². The third-order valence-electron chi connectivity index (χ3n) is 10.1. The number of primary amides is 1. The molecule has 1 amide bonds. The molecule has 46 heavy (non-hydrogen) atoms. The highest BCUT2D eigenvalue weighted by atomic mass is 19.4. The standard InChI is InChI=1S/C32H41F3N4O7/c1-30-12-17-21(20(40)11-16(23(17)32(33,34)35)14-37-7-10-39-8-5-6-9-39)26(42)24(30)28(44)31(46-4)19(13-30)18(15-38(2)3)25(41)22(27(31)43)29(36)45/h11,18-19,37,40,42-43H,5-10,12-15H2,1-4H3,(H2,36,45)/t18-,19-,30-,31+/m0/s1. The van der Waals surface area contributed by atoms with Crippen LogP contribution in [0.25, 0.3) is 5.76 Å². The fourth-order valence-electron chi connectivity index (χ4n) is 8.17. The van der Waals surface area contributed by atoms with Gasteiger partial charge in [-0.1, -0.05) is 6.92 Å². The molecule has 1 aliphatic heterocycles. The Morgan fingerprint density at radius 3 is 2.41 bits per heavy atom. The van der Waals surface area contributed by atoms with Gasteiger partial charge < -0.3 is 40.9 Å². The van der Waals surface area contributed by atoms with E-state index >= 15 is 0 Å². The molecule has 0 aromatic heterocycles. The maximum atomic E-state index is 14.9. The number of ketones is 2. The van der Waals surface area contributed by atoms with Crippen LogP contribution in [0.5, 0.6) is 5.75 Å². The number of fused-ring (bicyclic) bond motifs is 3. The van der Waals surface area contributed by atoms with Gasteiger partial charge in [0.25, 0.3) is 5.91 Å². The smallest absolute Gasteiger partial charge is 0.417 e. The van der Waals surface area contributed by atoms with Crippen LogP contribution in [0, 0.1) is 17.3 Å². The fourth-order valence-corrected chi connectivity index (χ4v) is 8.17. The number of hydrogen-bond acceptors (Lipinski definition) is 10. The third kappa shape index (κ3) is 5.28. The van der Waals surface area contributed by atoms with Crippen LogP contribution < -0.4 is 11.1 Å². The van der Waals surface area contributed by atoms with Crippen LogP contribution >= 0.6 is 0 Å². The Labute approximate surface area is 264 Å². The zero-order valence-electron chi connectivity index (χ0n) is 26.4. The molecule has 0 bridgehead atoms. The van der Waals surface area contributed by atoms with E-state index in [4.69, 9.17) is 10.5 Å². The summed E-state index contributed by atoms with van der Waals surface area (Å²) in [5.74, 6) is -7.87. The number of ether oxygens (including phenoxy) is 1. The van der Waals surface area contributed by atoms with Crippen LogP contribution in [0.1, 0.15) is 48.4 Å². The molecule has 0 spiro atoms. The van der Waals surface area contributed by atoms with Crippen molar-refractivity contribution in [3.63, 3.8) is 0 Å². The van der Waals surface area contributed by atoms with Gasteiger partial charge in [0.1, 0.15) is 22.8 Å². The maximum Gasteiger partial charge on any atom is 0.417 e. The number of hydrogen-bond donors (Lipinski definition) is 5. The first-order valence-corrected chi connectivity index (χ1v) is 15.3. The molecule has 3 aliphatic carbocycles. The number of carbonyl (C=O) groups excluding carboxylic acids is 3. The lowest BCUT2D eigenvalue weighted by Crippen LogP contribution is -2.65. The van der Waals surface area contributed by atoms with E-state index in [1.54, 1.807) is 19.0 Å². The molecular formula is C32H41F3N4O7. The van der Waals surface area contributed by atoms with Crippen molar-refractivity contribution in [3.8, 4) is 5.75 Å². The van der Waals surface area contributed by atoms with E-state index in [0.717, 1.165) is 39.1 Å². The van der Waals surface area contributed by atoms with Crippen molar-refractivity contribution in [1.29, 1.82) is 0 Å². The summed E-state index contributed by atoms with van der Waals surface area (Å²) in [5, 5.41) is 37.1. The van der Waals surface area contributed by atoms with Gasteiger partial charge in [-0.25, -0.2) is 0 Å². The molecule has 1 saturated heterocycles. The number of amides is 1. The molecule has 1 saturated carbocycles. The number of phenols is 1. The molecule has 11 nitrogen and oxygen atoms in total. The topological polar surface area (TPSA) is 166 Å². The zero-order chi connectivity index (χ0) is 33.9. The predicted molar refractivity (Wildman–Crippen MR) is 161 cm³/mol. The van der Waals surface area contributed by atoms with Gasteiger partial charge in [-0.05, 0) is 70.1 Å². The monoisotopic (exact) mass is 650 g/mol. The van der Waals surface area contributed by atoms with E-state index in [1.807, 2.05) is 0 Å². The number of rotatable bonds is 9. The van der Waals surface area contributed by atoms with Gasteiger partial charge in [-0.15, -0.1) is 0 Å². The third-order valence-corrected chi connectivity index (χ3v) is 10.1. The van der Waals surface area contributed by atoms with E-state index in [-0.39, 0.29) is 36.2 Å². The molecule has 6 N–H and O–H groups in total. The first kappa shape index (κ1) is 33.9. The molecule has 1 aromatic rings. The molecule has 14 heteroatoms. The van der Waals surface area contributed by atoms with Crippen LogP contribution in [-0.4, -0.2) is 102 Å². The molecule has 5 rings (SSSR count). The first-order valence-electron chi connectivity index (χ1n) is 15.3. The highest BCUT2D eigenvalue weighted by Crippen LogP contribution is 2.60. The van der Waals surface area contributed by atoms with E-state index < -0.39 is 86.9 Å². The van der Waals surface area contributed by atoms with Gasteiger partial charge in [0.05, 0.1) is 11.1 Å². The average Bonchev–Trinajstić information content (AvgIpc) is 3.45. The van der Waals surface area contributed by atoms with Crippen molar-refractivity contribution < 1.29 is 47.6 Å². The number of Topliss-reactive ketones (excluding diaryl/α,β-unsaturated/α-hetero) is 2. The largest absolute Gasteiger partial charge is 0.508 e. The summed E-state index contributed by atoms with van der Waals surface area (Å²) in [7, 11) is 4.41. The van der Waals surface area contributed by atoms with Crippen LogP contribution in [-0.2, 0) is 38.3 Å². The Kier molecular flexibility index (Phi) is 8.81. The number of benzene rings is 1. The molecular weight excluding hydrogens is 609 g/mol. The number of aromatic hydroxyl groups is 1. The summed E-state index contributed by atoms with van der Waals surface area (Å²) >= 11 is 0. The molecule has 1 heterocycles. The Hall–Kier alpha value is -3.46. The van der Waals surface area contributed by atoms with Crippen molar-refractivity contribution in [2.24, 2.45) is 23.0 Å². The number of nitrogens with two attached hydrogens (primary N) is 1. The number of aliphatic hydroxyl groups is 2. The van der Waals surface area contributed by atoms with Gasteiger partial charge in [0.2, 0.25) is 5.78 Å². The lowest BCUT2D eigenvalue weighted by molar-refractivity contribution is -0.162. The van der Waals surface area contributed by atoms with Crippen LogP contribution in [0.4, 0.5) is 13.2 Å². The van der Waals surface area contributed by atoms with Crippen molar-refractivity contribution in [3.05, 3.63) is 45.2 Å². The summed E-state index contributed by atoms with van der Waals surface area (Å²) in [5.41, 5.74) is -1.64. The number of nitrogens with one attached hydrogen (secondary N) is 1. The molecule has 4 aliphatic rings. The number of halogens is 3. The number of aliphatic hydroxyl groups excluding tert-OH is 2. The second-order valence-corrected chi connectivity index (χ2v) is 13.4. The molecule has 0 unspecified atom stereocenters. The maximum absolute atomic E-state index is 14.9. The van der Waals surface area contributed by atoms with Crippen molar-refractivity contribution in [1.82, 2.24) is 15.1 Å². The Bertz CT molecular complexity index is 1530. The highest BCUT2D eigenvalue weighted by Gasteiger charge is 2.67. The lowest BCUT2D eigenvalue weighted by Gasteiger charge is -2.54. The number of phenolic OH excluding ortho intramolecular Hbond substituents is 1. The van der Waals surface area contributed by atoms with E-state index in [9.17, 15) is 42.9 Å². The summed E-state index contributed by atoms with van der Waals surface area (Å²) in [6.45, 7) is 4.29. The Morgan fingerprint density at radius 2 is 1.85 bits per heavy atom. The zero-order valence-corrected chi connectivity index (χ0v) is 26.4. The summed E-state index contributed by atoms with van der Waals surface area (Å²) in [6, 6.07) is 0.946. The van der Waals surface area contributed by atoms with E-state index in [0.29, 0.717) is 13.1 Å². The second-order valence-electron chi connectivity index (χ2n) is 13.4. The summed E-state index contributed by atoms with van der Waals surface area (Å²) in [4.78, 5) is 44.3. The van der Waals surface area contributed by atoms with Crippen LogP contribution in [0.2, 0.25) is 0 Å². The quantitative estimate of drug-likeness (QED) is 0.198. The van der Waals surface area contributed by atoms with Gasteiger partial charge in [-0.2, -0.15) is 13.2 Å². The lowest BCUT2D eigenvalue weighted by atomic mass is 9.51. The van der Waals surface area contributed by atoms with Crippen molar-refractivity contribution in [2.45, 2.75) is 50.9 Å². The Morgan fingerprint density at radius 1 is 1.20 bits per heavy atom. The van der Waals surface area contributed by atoms with E-state index in [1.165, 1.54) is 6.92 Å². The molecule has 4 atom stereocenters. The first-order chi connectivity index (χ1) is 21.5. The summed E-state index contributed by atoms with van der Waals surface area (Å²) in [6.07, 6.45) is -3.31. The number of carbonyl (C=O) groups is 3. The van der Waals surface area contributed by atoms with Gasteiger partial charge in [-0.3, -0.25) is 14.4 Å². The SMILES string of the molecule is CO[C@]12C(=O)C3=C(O)c4c(O)cc(CNCCN5CCCC5)c(C(F)(F)F)c4C[C@@]3(C)C[C@H]1[C@H](CN(C)C)C(=O)C(C(N)=O)=C2O. The van der Waals surface area contributed by atoms with Crippen molar-refractivity contribution >= 4 is 23.2 Å². The normalized spacial score (nSPS) is 28.5. The number of alkyl halides is 3. The van der Waals surface area contributed by atoms with E-state index in [2.05, 4.69) is 10.2 Å². The average molecular weight is 651 g/mol. The molecule has 0 radical (unpaired) electrons. The number of likely N-dealkylation sites (tertiary alicyclic amines) is 1. The van der Waals surface area contributed by atoms with Crippen molar-refractivity contribution in [2.75, 3.05) is 53.9 Å². The number of nitrogens with zero attached hydrogens (tertiary/aromatic N) is 2. The Balaban J connectivity index is 1.66. The molecule has 252 valence electrons. The van der Waals surface area contributed by atoms with Crippen LogP contribution in [0.3, 0.4) is 0 Å². The predicted octanol–water partition coefficient (Wildman–Crippen LogP) is 2.46. The summed E-state index contributed by atoms with van der Waals surface area (Å²) < 4.78 is 50.2. The molecule has 1 aromatic carbocycles. The number of methoxy groups -OCH3 is 1. The molecule has 2 fully saturated rings. The minimum atomic E-state index is -4.88. The minimum Gasteiger partial charge on any atom is -0.508 e. The second kappa shape index (κ2) is 12.0. The fraction of sp³-hybridized carbons (Fsp3) is 0.594. The van der Waals surface area contributed by atoms with Gasteiger partial charge in [0, 0.05) is 56.1 Å². The minimum absolute atomic E-state index is 0.00544.